The van der Waals surface area contributed by atoms with Gasteiger partial charge in [0.25, 0.3) is 0 Å². The van der Waals surface area contributed by atoms with Crippen LogP contribution in [0.3, 0.4) is 0 Å². The number of hydrogen-bond acceptors (Lipinski definition) is 4. The molecule has 1 aliphatic carbocycles. The van der Waals surface area contributed by atoms with Gasteiger partial charge in [0.15, 0.2) is 0 Å². The number of nitrogens with zero attached hydrogens (tertiary/aromatic N) is 1. The molecule has 2 aliphatic heterocycles. The molecule has 1 aromatic carbocycles. The summed E-state index contributed by atoms with van der Waals surface area (Å²) < 4.78 is 11.0. The van der Waals surface area contributed by atoms with Gasteiger partial charge in [-0.2, -0.15) is 0 Å². The number of methoxy groups -OCH3 is 1. The number of nitrogens with one attached hydrogen (secondary N) is 1. The average Bonchev–Trinajstić information content (AvgIpc) is 3.34. The van der Waals surface area contributed by atoms with E-state index in [-0.39, 0.29) is 11.3 Å². The molecule has 0 bridgehead atoms. The second-order valence-electron chi connectivity index (χ2n) is 7.99. The molecule has 0 aromatic heterocycles. The second kappa shape index (κ2) is 7.57. The van der Waals surface area contributed by atoms with Crippen LogP contribution in [0.5, 0.6) is 5.75 Å². The van der Waals surface area contributed by atoms with Crippen molar-refractivity contribution < 1.29 is 14.3 Å². The minimum atomic E-state index is -0.304. The smallest absolute Gasteiger partial charge is 0.230 e. The van der Waals surface area contributed by atoms with E-state index in [1.165, 1.54) is 12.8 Å². The van der Waals surface area contributed by atoms with E-state index in [9.17, 15) is 4.79 Å². The van der Waals surface area contributed by atoms with Gasteiger partial charge in [0.2, 0.25) is 5.91 Å². The van der Waals surface area contributed by atoms with Gasteiger partial charge in [0.1, 0.15) is 5.75 Å². The fourth-order valence-electron chi connectivity index (χ4n) is 4.34. The largest absolute Gasteiger partial charge is 0.497 e. The van der Waals surface area contributed by atoms with E-state index in [1.54, 1.807) is 7.11 Å². The van der Waals surface area contributed by atoms with Crippen LogP contribution in [0.25, 0.3) is 0 Å². The number of rotatable bonds is 6. The summed E-state index contributed by atoms with van der Waals surface area (Å²) in [6.45, 7) is 4.09. The van der Waals surface area contributed by atoms with Gasteiger partial charge in [-0.1, -0.05) is 12.1 Å². The van der Waals surface area contributed by atoms with Crippen molar-refractivity contribution >= 4 is 5.91 Å². The Labute approximate surface area is 156 Å². The van der Waals surface area contributed by atoms with Crippen LogP contribution in [0.1, 0.15) is 44.1 Å². The van der Waals surface area contributed by atoms with Gasteiger partial charge in [-0.15, -0.1) is 0 Å². The molecule has 1 atom stereocenters. The average molecular weight is 358 g/mol. The lowest BCUT2D eigenvalue weighted by Crippen LogP contribution is -2.48. The quantitative estimate of drug-likeness (QED) is 0.849. The molecular weight excluding hydrogens is 328 g/mol. The van der Waals surface area contributed by atoms with E-state index in [0.717, 1.165) is 63.2 Å². The van der Waals surface area contributed by atoms with E-state index in [4.69, 9.17) is 9.47 Å². The van der Waals surface area contributed by atoms with E-state index in [0.29, 0.717) is 12.1 Å². The molecule has 2 heterocycles. The van der Waals surface area contributed by atoms with Gasteiger partial charge in [0, 0.05) is 32.3 Å². The van der Waals surface area contributed by atoms with Crippen LogP contribution in [0.4, 0.5) is 0 Å². The Morgan fingerprint density at radius 2 is 1.96 bits per heavy atom. The Kier molecular flexibility index (Phi) is 5.18. The Morgan fingerprint density at radius 3 is 2.54 bits per heavy atom. The van der Waals surface area contributed by atoms with Crippen molar-refractivity contribution in [3.8, 4) is 5.75 Å². The van der Waals surface area contributed by atoms with Crippen LogP contribution < -0.4 is 10.1 Å². The first-order valence-corrected chi connectivity index (χ1v) is 9.99. The van der Waals surface area contributed by atoms with Crippen LogP contribution in [-0.4, -0.2) is 56.3 Å². The summed E-state index contributed by atoms with van der Waals surface area (Å²) >= 11 is 0. The molecule has 3 aliphatic rings. The van der Waals surface area contributed by atoms with Crippen LogP contribution in [0.15, 0.2) is 24.3 Å². The fourth-order valence-corrected chi connectivity index (χ4v) is 4.34. The molecule has 0 radical (unpaired) electrons. The molecule has 4 rings (SSSR count). The summed E-state index contributed by atoms with van der Waals surface area (Å²) in [7, 11) is 1.67. The first-order chi connectivity index (χ1) is 12.7. The predicted octanol–water partition coefficient (Wildman–Crippen LogP) is 2.49. The van der Waals surface area contributed by atoms with Crippen LogP contribution in [0.2, 0.25) is 0 Å². The van der Waals surface area contributed by atoms with Crippen LogP contribution in [-0.2, 0) is 14.9 Å². The topological polar surface area (TPSA) is 50.8 Å². The Bertz CT molecular complexity index is 613. The maximum absolute atomic E-state index is 12.9. The number of benzene rings is 1. The molecule has 1 amide bonds. The van der Waals surface area contributed by atoms with Gasteiger partial charge in [0.05, 0.1) is 18.6 Å². The molecule has 5 heteroatoms. The molecule has 0 unspecified atom stereocenters. The standard InChI is InChI=1S/C21H30N2O3/c1-25-18-6-4-16(5-7-18)21(10-11-21)20(24)22-17-8-12-23(13-9-17)15-19-3-2-14-26-19/h4-7,17,19H,2-3,8-15H2,1H3,(H,22,24)/t19-/m1/s1. The number of piperidine rings is 1. The summed E-state index contributed by atoms with van der Waals surface area (Å²) in [6.07, 6.45) is 6.79. The highest BCUT2D eigenvalue weighted by atomic mass is 16.5. The third kappa shape index (κ3) is 3.74. The number of carbonyl (C=O) groups excluding carboxylic acids is 1. The summed E-state index contributed by atoms with van der Waals surface area (Å²) in [6, 6.07) is 8.28. The number of ether oxygens (including phenoxy) is 2. The minimum Gasteiger partial charge on any atom is -0.497 e. The lowest BCUT2D eigenvalue weighted by molar-refractivity contribution is -0.124. The molecule has 142 valence electrons. The molecule has 1 aromatic rings. The van der Waals surface area contributed by atoms with Crippen molar-refractivity contribution in [3.05, 3.63) is 29.8 Å². The Hall–Kier alpha value is -1.59. The zero-order valence-corrected chi connectivity index (χ0v) is 15.7. The zero-order chi connectivity index (χ0) is 18.0. The lowest BCUT2D eigenvalue weighted by atomic mass is 9.93. The van der Waals surface area contributed by atoms with E-state index < -0.39 is 0 Å². The Balaban J connectivity index is 1.28. The van der Waals surface area contributed by atoms with E-state index >= 15 is 0 Å². The SMILES string of the molecule is COc1ccc(C2(C(=O)NC3CCN(C[C@H]4CCCO4)CC3)CC2)cc1. The predicted molar refractivity (Wildman–Crippen MR) is 100 cm³/mol. The van der Waals surface area contributed by atoms with Crippen molar-refractivity contribution in [2.75, 3.05) is 33.4 Å². The number of amides is 1. The van der Waals surface area contributed by atoms with Crippen molar-refractivity contribution in [1.82, 2.24) is 10.2 Å². The summed E-state index contributed by atoms with van der Waals surface area (Å²) in [5.74, 6) is 1.05. The number of hydrogen-bond donors (Lipinski definition) is 1. The lowest BCUT2D eigenvalue weighted by Gasteiger charge is -2.34. The number of likely N-dealkylation sites (tertiary alicyclic amines) is 1. The summed E-state index contributed by atoms with van der Waals surface area (Å²) in [5.41, 5.74) is 0.813. The molecule has 0 spiro atoms. The second-order valence-corrected chi connectivity index (χ2v) is 7.99. The normalized spacial score (nSPS) is 25.8. The fraction of sp³-hybridized carbons (Fsp3) is 0.667. The van der Waals surface area contributed by atoms with Gasteiger partial charge >= 0.3 is 0 Å². The summed E-state index contributed by atoms with van der Waals surface area (Å²) in [5, 5.41) is 3.33. The van der Waals surface area contributed by atoms with Gasteiger partial charge in [-0.25, -0.2) is 0 Å². The van der Waals surface area contributed by atoms with Gasteiger partial charge in [-0.05, 0) is 56.2 Å². The monoisotopic (exact) mass is 358 g/mol. The highest BCUT2D eigenvalue weighted by molar-refractivity contribution is 5.91. The minimum absolute atomic E-state index is 0.209. The highest BCUT2D eigenvalue weighted by Crippen LogP contribution is 2.48. The first kappa shape index (κ1) is 17.8. The van der Waals surface area contributed by atoms with Crippen LogP contribution in [0, 0.1) is 0 Å². The molecular formula is C21H30N2O3. The van der Waals surface area contributed by atoms with Crippen LogP contribution >= 0.6 is 0 Å². The Morgan fingerprint density at radius 1 is 1.23 bits per heavy atom. The van der Waals surface area contributed by atoms with Gasteiger partial charge < -0.3 is 19.7 Å². The zero-order valence-electron chi connectivity index (χ0n) is 15.7. The van der Waals surface area contributed by atoms with E-state index in [1.807, 2.05) is 24.3 Å². The molecule has 1 saturated carbocycles. The van der Waals surface area contributed by atoms with Crippen molar-refractivity contribution in [3.63, 3.8) is 0 Å². The van der Waals surface area contributed by atoms with Crippen molar-refractivity contribution in [2.45, 2.75) is 56.1 Å². The molecule has 1 N–H and O–H groups in total. The third-order valence-electron chi connectivity index (χ3n) is 6.24. The van der Waals surface area contributed by atoms with Crippen molar-refractivity contribution in [1.29, 1.82) is 0 Å². The maximum Gasteiger partial charge on any atom is 0.230 e. The third-order valence-corrected chi connectivity index (χ3v) is 6.24. The van der Waals surface area contributed by atoms with E-state index in [2.05, 4.69) is 10.2 Å². The van der Waals surface area contributed by atoms with Gasteiger partial charge in [-0.3, -0.25) is 4.79 Å². The molecule has 5 nitrogen and oxygen atoms in total. The van der Waals surface area contributed by atoms with Crippen molar-refractivity contribution in [2.24, 2.45) is 0 Å². The molecule has 26 heavy (non-hydrogen) atoms. The number of carbonyl (C=O) groups is 1. The summed E-state index contributed by atoms with van der Waals surface area (Å²) in [4.78, 5) is 15.4. The maximum atomic E-state index is 12.9. The first-order valence-electron chi connectivity index (χ1n) is 9.99. The molecule has 2 saturated heterocycles. The molecule has 3 fully saturated rings. The highest BCUT2D eigenvalue weighted by Gasteiger charge is 2.51.